The van der Waals surface area contributed by atoms with Gasteiger partial charge in [-0.25, -0.2) is 13.2 Å². The Labute approximate surface area is 230 Å². The number of methoxy groups -OCH3 is 1. The van der Waals surface area contributed by atoms with Crippen LogP contribution in [0.1, 0.15) is 55.7 Å². The van der Waals surface area contributed by atoms with Crippen LogP contribution in [0.3, 0.4) is 0 Å². The molecule has 0 amide bonds. The van der Waals surface area contributed by atoms with Crippen LogP contribution in [0, 0.1) is 6.92 Å². The molecule has 2 aliphatic rings. The Morgan fingerprint density at radius 1 is 1.03 bits per heavy atom. The van der Waals surface area contributed by atoms with E-state index in [0.29, 0.717) is 24.3 Å². The number of sulfonamides is 1. The van der Waals surface area contributed by atoms with E-state index in [1.807, 2.05) is 18.2 Å². The number of carbonyl (C=O) groups is 1. The van der Waals surface area contributed by atoms with Crippen LogP contribution in [0.2, 0.25) is 0 Å². The van der Waals surface area contributed by atoms with Crippen LogP contribution in [0.15, 0.2) is 59.5 Å². The van der Waals surface area contributed by atoms with Crippen LogP contribution in [-0.4, -0.2) is 39.8 Å². The number of ether oxygens (including phenoxy) is 2. The summed E-state index contributed by atoms with van der Waals surface area (Å²) >= 11 is 0. The number of carboxylic acids is 1. The van der Waals surface area contributed by atoms with Gasteiger partial charge < -0.3 is 14.6 Å². The van der Waals surface area contributed by atoms with Crippen LogP contribution in [0.4, 0.5) is 5.69 Å². The number of hydrogen-bond acceptors (Lipinski definition) is 5. The molecule has 3 aromatic rings. The van der Waals surface area contributed by atoms with Crippen molar-refractivity contribution < 1.29 is 27.8 Å². The Morgan fingerprint density at radius 3 is 2.46 bits per heavy atom. The monoisotopic (exact) mass is 549 g/mol. The molecule has 0 radical (unpaired) electrons. The van der Waals surface area contributed by atoms with Crippen molar-refractivity contribution >= 4 is 21.7 Å². The molecule has 0 saturated heterocycles. The molecule has 1 heterocycles. The number of benzene rings is 3. The first-order valence-corrected chi connectivity index (χ1v) is 14.9. The van der Waals surface area contributed by atoms with Gasteiger partial charge in [0.1, 0.15) is 11.5 Å². The van der Waals surface area contributed by atoms with Gasteiger partial charge in [0, 0.05) is 12.0 Å². The Morgan fingerprint density at radius 2 is 1.79 bits per heavy atom. The maximum atomic E-state index is 14.2. The Bertz CT molecular complexity index is 1510. The van der Waals surface area contributed by atoms with Gasteiger partial charge in [-0.05, 0) is 96.5 Å². The number of nitrogens with zero attached hydrogens (tertiary/aromatic N) is 1. The number of aryl methyl sites for hydroxylation is 2. The highest BCUT2D eigenvalue weighted by Crippen LogP contribution is 2.53. The molecule has 39 heavy (non-hydrogen) atoms. The molecular weight excluding hydrogens is 514 g/mol. The first-order chi connectivity index (χ1) is 18.7. The molecule has 206 valence electrons. The van der Waals surface area contributed by atoms with Gasteiger partial charge in [-0.15, -0.1) is 0 Å². The van der Waals surface area contributed by atoms with Gasteiger partial charge in [0.05, 0.1) is 17.7 Å². The molecule has 0 aromatic heterocycles. The van der Waals surface area contributed by atoms with Crippen LogP contribution in [0.5, 0.6) is 11.5 Å². The summed E-state index contributed by atoms with van der Waals surface area (Å²) < 4.78 is 40.9. The van der Waals surface area contributed by atoms with Crippen LogP contribution >= 0.6 is 0 Å². The molecule has 1 saturated carbocycles. The minimum atomic E-state index is -3.88. The summed E-state index contributed by atoms with van der Waals surface area (Å²) in [5.41, 5.74) is 5.42. The van der Waals surface area contributed by atoms with Crippen molar-refractivity contribution in [1.29, 1.82) is 0 Å². The fourth-order valence-electron chi connectivity index (χ4n) is 6.14. The maximum Gasteiger partial charge on any atom is 0.341 e. The number of hydrogen-bond donors (Lipinski definition) is 1. The number of anilines is 1. The first-order valence-electron chi connectivity index (χ1n) is 13.5. The lowest BCUT2D eigenvalue weighted by atomic mass is 9.70. The highest BCUT2D eigenvalue weighted by molar-refractivity contribution is 7.92. The smallest absolute Gasteiger partial charge is 0.341 e. The molecule has 0 atom stereocenters. The van der Waals surface area contributed by atoms with Crippen molar-refractivity contribution in [1.82, 2.24) is 0 Å². The second kappa shape index (κ2) is 10.6. The van der Waals surface area contributed by atoms with Crippen molar-refractivity contribution in [2.45, 2.75) is 62.7 Å². The number of fused-ring (bicyclic) bond motifs is 2. The lowest BCUT2D eigenvalue weighted by Crippen LogP contribution is -2.38. The zero-order valence-corrected chi connectivity index (χ0v) is 23.5. The fraction of sp³-hybridized carbons (Fsp3) is 0.387. The molecule has 1 fully saturated rings. The first kappa shape index (κ1) is 27.1. The fourth-order valence-corrected chi connectivity index (χ4v) is 7.84. The molecule has 7 nitrogen and oxygen atoms in total. The van der Waals surface area contributed by atoms with Crippen LogP contribution < -0.4 is 13.8 Å². The number of aliphatic carboxylic acids is 1. The van der Waals surface area contributed by atoms with Gasteiger partial charge in [0.2, 0.25) is 0 Å². The van der Waals surface area contributed by atoms with E-state index in [0.717, 1.165) is 65.8 Å². The zero-order chi connectivity index (χ0) is 27.8. The van der Waals surface area contributed by atoms with Crippen molar-refractivity contribution in [3.8, 4) is 22.6 Å². The summed E-state index contributed by atoms with van der Waals surface area (Å²) in [7, 11) is -2.22. The van der Waals surface area contributed by atoms with E-state index in [1.165, 1.54) is 6.07 Å². The molecule has 3 aromatic carbocycles. The lowest BCUT2D eigenvalue weighted by molar-refractivity contribution is -0.139. The number of rotatable bonds is 8. The van der Waals surface area contributed by atoms with Crippen molar-refractivity contribution in [3.05, 3.63) is 71.3 Å². The second-order valence-electron chi connectivity index (χ2n) is 10.6. The molecule has 0 bridgehead atoms. The summed E-state index contributed by atoms with van der Waals surface area (Å²) in [5, 5.41) is 8.94. The minimum absolute atomic E-state index is 0.181. The molecular formula is C31H35NO6S. The van der Waals surface area contributed by atoms with E-state index in [9.17, 15) is 13.2 Å². The van der Waals surface area contributed by atoms with E-state index in [-0.39, 0.29) is 10.3 Å². The lowest BCUT2D eigenvalue weighted by Gasteiger charge is -2.34. The molecule has 1 aliphatic carbocycles. The van der Waals surface area contributed by atoms with E-state index >= 15 is 0 Å². The third-order valence-electron chi connectivity index (χ3n) is 8.14. The third-order valence-corrected chi connectivity index (χ3v) is 9.88. The molecule has 5 rings (SSSR count). The van der Waals surface area contributed by atoms with Crippen molar-refractivity contribution in [2.24, 2.45) is 0 Å². The van der Waals surface area contributed by atoms with E-state index in [2.05, 4.69) is 25.1 Å². The van der Waals surface area contributed by atoms with E-state index < -0.39 is 22.6 Å². The molecule has 0 unspecified atom stereocenters. The van der Waals surface area contributed by atoms with Gasteiger partial charge in [0.15, 0.2) is 6.61 Å². The molecule has 1 aliphatic heterocycles. The number of carboxylic acid groups (broad SMARTS) is 1. The summed E-state index contributed by atoms with van der Waals surface area (Å²) in [6.45, 7) is 3.75. The third kappa shape index (κ3) is 4.98. The average Bonchev–Trinajstić information content (AvgIpc) is 3.26. The highest BCUT2D eigenvalue weighted by Gasteiger charge is 2.48. The largest absolute Gasteiger partial charge is 0.497 e. The van der Waals surface area contributed by atoms with Gasteiger partial charge in [-0.3, -0.25) is 4.31 Å². The summed E-state index contributed by atoms with van der Waals surface area (Å²) in [5.74, 6) is 0.0610. The highest BCUT2D eigenvalue weighted by atomic mass is 32.2. The van der Waals surface area contributed by atoms with Gasteiger partial charge in [-0.1, -0.05) is 38.3 Å². The standard InChI is InChI=1S/C31H35NO6S/c1-4-22-16-24(23-9-8-10-25(17-23)37-3)18-27-30(22)32(20-31(27)13-6-5-7-14-31)39(35,36)26-11-12-28(21(2)15-26)38-19-29(33)34/h8-12,15-18H,4-7,13-14,19-20H2,1-3H3,(H,33,34). The predicted molar refractivity (Wildman–Crippen MR) is 151 cm³/mol. The van der Waals surface area contributed by atoms with Gasteiger partial charge in [0.25, 0.3) is 10.0 Å². The normalized spacial score (nSPS) is 16.2. The summed E-state index contributed by atoms with van der Waals surface area (Å²) in [6, 6.07) is 17.0. The van der Waals surface area contributed by atoms with Crippen LogP contribution in [-0.2, 0) is 26.7 Å². The Kier molecular flexibility index (Phi) is 7.33. The van der Waals surface area contributed by atoms with Crippen LogP contribution in [0.25, 0.3) is 11.1 Å². The summed E-state index contributed by atoms with van der Waals surface area (Å²) in [6.07, 6.45) is 5.93. The van der Waals surface area contributed by atoms with Crippen molar-refractivity contribution in [2.75, 3.05) is 24.6 Å². The quantitative estimate of drug-likeness (QED) is 0.365. The Balaban J connectivity index is 1.62. The molecule has 1 N–H and O–H groups in total. The summed E-state index contributed by atoms with van der Waals surface area (Å²) in [4.78, 5) is 11.1. The van der Waals surface area contributed by atoms with Gasteiger partial charge >= 0.3 is 5.97 Å². The van der Waals surface area contributed by atoms with Gasteiger partial charge in [-0.2, -0.15) is 0 Å². The SMILES string of the molecule is CCc1cc(-c2cccc(OC)c2)cc2c1N(S(=O)(=O)c1ccc(OCC(=O)O)c(C)c1)CC21CCCCC1. The second-order valence-corrected chi connectivity index (χ2v) is 12.4. The topological polar surface area (TPSA) is 93.1 Å². The zero-order valence-electron chi connectivity index (χ0n) is 22.7. The van der Waals surface area contributed by atoms with E-state index in [4.69, 9.17) is 14.6 Å². The average molecular weight is 550 g/mol. The van der Waals surface area contributed by atoms with E-state index in [1.54, 1.807) is 30.5 Å². The minimum Gasteiger partial charge on any atom is -0.497 e. The molecule has 8 heteroatoms. The van der Waals surface area contributed by atoms with Crippen molar-refractivity contribution in [3.63, 3.8) is 0 Å². The Hall–Kier alpha value is -3.52. The maximum absolute atomic E-state index is 14.2. The molecule has 1 spiro atoms. The predicted octanol–water partition coefficient (Wildman–Crippen LogP) is 6.11.